The Bertz CT molecular complexity index is 804. The first-order valence-corrected chi connectivity index (χ1v) is 9.10. The molecule has 0 aromatic heterocycles. The number of nitrogens with one attached hydrogen (secondary N) is 2. The zero-order valence-corrected chi connectivity index (χ0v) is 16.1. The minimum Gasteiger partial charge on any atom is -0.497 e. The van der Waals surface area contributed by atoms with Gasteiger partial charge in [0.2, 0.25) is 11.8 Å². The molecule has 0 unspecified atom stereocenters. The number of anilines is 1. The molecule has 2 aromatic rings. The Morgan fingerprint density at radius 2 is 1.82 bits per heavy atom. The number of methoxy groups -OCH3 is 1. The summed E-state index contributed by atoms with van der Waals surface area (Å²) in [4.78, 5) is 23.8. The Hall–Kier alpha value is -3.35. The summed E-state index contributed by atoms with van der Waals surface area (Å²) in [6.45, 7) is 2.72. The number of unbranched alkanes of at least 4 members (excludes halogenated alkanes) is 1. The average molecular weight is 383 g/mol. The highest BCUT2D eigenvalue weighted by atomic mass is 16.5. The van der Waals surface area contributed by atoms with Gasteiger partial charge in [0.15, 0.2) is 0 Å². The maximum atomic E-state index is 11.9. The number of ether oxygens (including phenoxy) is 2. The first-order chi connectivity index (χ1) is 13.6. The number of carbonyl (C=O) groups excluding carboxylic acids is 2. The first kappa shape index (κ1) is 21.0. The van der Waals surface area contributed by atoms with Crippen LogP contribution < -0.4 is 20.2 Å². The Labute approximate surface area is 164 Å². The standard InChI is InChI=1S/C21H25N3O4/c1-3-4-13-28-19-8-6-5-7-16(19)15-22-24-21(26)14-20(25)23-17-9-11-18(27-2)12-10-17/h5-12,15H,3-4,13-14H2,1-2H3,(H,23,25)(H,24,26). The van der Waals surface area contributed by atoms with Crippen LogP contribution in [0.25, 0.3) is 0 Å². The molecule has 0 saturated carbocycles. The summed E-state index contributed by atoms with van der Waals surface area (Å²) in [5, 5.41) is 6.55. The molecule has 0 atom stereocenters. The summed E-state index contributed by atoms with van der Waals surface area (Å²) in [5.74, 6) is 0.447. The van der Waals surface area contributed by atoms with Crippen LogP contribution in [0.4, 0.5) is 5.69 Å². The van der Waals surface area contributed by atoms with Gasteiger partial charge >= 0.3 is 0 Å². The quantitative estimate of drug-likeness (QED) is 0.285. The smallest absolute Gasteiger partial charge is 0.249 e. The third kappa shape index (κ3) is 7.11. The molecule has 2 amide bonds. The van der Waals surface area contributed by atoms with Crippen LogP contribution in [0.2, 0.25) is 0 Å². The molecule has 7 heteroatoms. The summed E-state index contributed by atoms with van der Waals surface area (Å²) in [6.07, 6.45) is 3.18. The van der Waals surface area contributed by atoms with Crippen molar-refractivity contribution in [2.24, 2.45) is 5.10 Å². The van der Waals surface area contributed by atoms with Crippen molar-refractivity contribution in [1.29, 1.82) is 0 Å². The molecule has 0 aliphatic heterocycles. The summed E-state index contributed by atoms with van der Waals surface area (Å²) < 4.78 is 10.8. The molecule has 2 aromatic carbocycles. The van der Waals surface area contributed by atoms with E-state index >= 15 is 0 Å². The van der Waals surface area contributed by atoms with Crippen molar-refractivity contribution in [1.82, 2.24) is 5.43 Å². The van der Waals surface area contributed by atoms with Gasteiger partial charge < -0.3 is 14.8 Å². The van der Waals surface area contributed by atoms with Gasteiger partial charge in [-0.1, -0.05) is 25.5 Å². The fraction of sp³-hybridized carbons (Fsp3) is 0.286. The Morgan fingerprint density at radius 1 is 1.07 bits per heavy atom. The molecule has 28 heavy (non-hydrogen) atoms. The lowest BCUT2D eigenvalue weighted by molar-refractivity contribution is -0.126. The fourth-order valence-corrected chi connectivity index (χ4v) is 2.28. The van der Waals surface area contributed by atoms with Crippen LogP contribution in [0.5, 0.6) is 11.5 Å². The van der Waals surface area contributed by atoms with Crippen LogP contribution in [0.15, 0.2) is 53.6 Å². The minimum atomic E-state index is -0.508. The molecule has 0 heterocycles. The molecule has 0 radical (unpaired) electrons. The van der Waals surface area contributed by atoms with E-state index in [-0.39, 0.29) is 6.42 Å². The zero-order valence-electron chi connectivity index (χ0n) is 16.1. The number of amides is 2. The summed E-state index contributed by atoms with van der Waals surface area (Å²) >= 11 is 0. The molecule has 0 aliphatic carbocycles. The van der Waals surface area contributed by atoms with Crippen molar-refractivity contribution < 1.29 is 19.1 Å². The second-order valence-corrected chi connectivity index (χ2v) is 5.99. The number of nitrogens with zero attached hydrogens (tertiary/aromatic N) is 1. The topological polar surface area (TPSA) is 89.0 Å². The Morgan fingerprint density at radius 3 is 2.54 bits per heavy atom. The highest BCUT2D eigenvalue weighted by Gasteiger charge is 2.09. The number of benzene rings is 2. The van der Waals surface area contributed by atoms with Crippen molar-refractivity contribution in [3.8, 4) is 11.5 Å². The Balaban J connectivity index is 1.82. The molecular formula is C21H25N3O4. The largest absolute Gasteiger partial charge is 0.497 e. The molecule has 2 rings (SSSR count). The van der Waals surface area contributed by atoms with Gasteiger partial charge in [0, 0.05) is 11.3 Å². The van der Waals surface area contributed by atoms with Crippen molar-refractivity contribution in [3.05, 3.63) is 54.1 Å². The predicted molar refractivity (Wildman–Crippen MR) is 109 cm³/mol. The molecule has 2 N–H and O–H groups in total. The third-order valence-electron chi connectivity index (χ3n) is 3.76. The van der Waals surface area contributed by atoms with Crippen molar-refractivity contribution in [2.75, 3.05) is 19.0 Å². The van der Waals surface area contributed by atoms with Crippen molar-refractivity contribution in [2.45, 2.75) is 26.2 Å². The van der Waals surface area contributed by atoms with Crippen LogP contribution in [0.1, 0.15) is 31.7 Å². The molecule has 0 saturated heterocycles. The maximum Gasteiger partial charge on any atom is 0.249 e. The van der Waals surface area contributed by atoms with Gasteiger partial charge in [-0.15, -0.1) is 0 Å². The van der Waals surface area contributed by atoms with Crippen LogP contribution in [-0.4, -0.2) is 31.7 Å². The lowest BCUT2D eigenvalue weighted by Gasteiger charge is -2.08. The summed E-state index contributed by atoms with van der Waals surface area (Å²) in [6, 6.07) is 14.3. The SMILES string of the molecule is CCCCOc1ccccc1C=NNC(=O)CC(=O)Nc1ccc(OC)cc1. The molecular weight excluding hydrogens is 358 g/mol. The molecule has 0 spiro atoms. The summed E-state index contributed by atoms with van der Waals surface area (Å²) in [5.41, 5.74) is 3.69. The normalized spacial score (nSPS) is 10.5. The minimum absolute atomic E-state index is 0.335. The number of hydrogen-bond donors (Lipinski definition) is 2. The third-order valence-corrected chi connectivity index (χ3v) is 3.76. The van der Waals surface area contributed by atoms with Crippen molar-refractivity contribution in [3.63, 3.8) is 0 Å². The highest BCUT2D eigenvalue weighted by Crippen LogP contribution is 2.16. The lowest BCUT2D eigenvalue weighted by atomic mass is 10.2. The van der Waals surface area contributed by atoms with Gasteiger partial charge in [0.1, 0.15) is 17.9 Å². The van der Waals surface area contributed by atoms with E-state index in [0.29, 0.717) is 23.8 Å². The van der Waals surface area contributed by atoms with E-state index < -0.39 is 11.8 Å². The van der Waals surface area contributed by atoms with E-state index in [9.17, 15) is 9.59 Å². The predicted octanol–water partition coefficient (Wildman–Crippen LogP) is 3.35. The number of rotatable bonds is 10. The number of para-hydroxylation sites is 1. The Kier molecular flexibility index (Phi) is 8.52. The van der Waals surface area contributed by atoms with Gasteiger partial charge in [0.25, 0.3) is 0 Å². The average Bonchev–Trinajstić information content (AvgIpc) is 2.70. The van der Waals surface area contributed by atoms with Crippen LogP contribution in [-0.2, 0) is 9.59 Å². The number of carbonyl (C=O) groups is 2. The molecule has 7 nitrogen and oxygen atoms in total. The zero-order chi connectivity index (χ0) is 20.2. The second kappa shape index (κ2) is 11.4. The highest BCUT2D eigenvalue weighted by molar-refractivity contribution is 6.03. The van der Waals surface area contributed by atoms with Gasteiger partial charge in [-0.05, 0) is 42.8 Å². The van der Waals surface area contributed by atoms with E-state index in [1.807, 2.05) is 24.3 Å². The van der Waals surface area contributed by atoms with Gasteiger partial charge in [0.05, 0.1) is 19.9 Å². The molecule has 148 valence electrons. The maximum absolute atomic E-state index is 11.9. The van der Waals surface area contributed by atoms with E-state index in [1.54, 1.807) is 31.4 Å². The second-order valence-electron chi connectivity index (χ2n) is 5.99. The van der Waals surface area contributed by atoms with Gasteiger partial charge in [-0.25, -0.2) is 5.43 Å². The van der Waals surface area contributed by atoms with Crippen molar-refractivity contribution >= 4 is 23.7 Å². The van der Waals surface area contributed by atoms with Gasteiger partial charge in [-0.3, -0.25) is 9.59 Å². The lowest BCUT2D eigenvalue weighted by Crippen LogP contribution is -2.24. The van der Waals surface area contributed by atoms with Crippen LogP contribution in [0.3, 0.4) is 0 Å². The molecule has 0 aliphatic rings. The molecule has 0 bridgehead atoms. The summed E-state index contributed by atoms with van der Waals surface area (Å²) in [7, 11) is 1.56. The fourth-order valence-electron chi connectivity index (χ4n) is 2.28. The monoisotopic (exact) mass is 383 g/mol. The number of hydrazone groups is 1. The first-order valence-electron chi connectivity index (χ1n) is 9.10. The van der Waals surface area contributed by atoms with Gasteiger partial charge in [-0.2, -0.15) is 5.10 Å². The van der Waals surface area contributed by atoms with E-state index in [0.717, 1.165) is 18.4 Å². The van der Waals surface area contributed by atoms with E-state index in [2.05, 4.69) is 22.8 Å². The molecule has 0 fully saturated rings. The van der Waals surface area contributed by atoms with E-state index in [4.69, 9.17) is 9.47 Å². The van der Waals surface area contributed by atoms with E-state index in [1.165, 1.54) is 6.21 Å². The van der Waals surface area contributed by atoms with Crippen LogP contribution in [0, 0.1) is 0 Å². The van der Waals surface area contributed by atoms with Crippen LogP contribution >= 0.6 is 0 Å². The number of hydrogen-bond acceptors (Lipinski definition) is 5.